The fourth-order valence-corrected chi connectivity index (χ4v) is 4.91. The van der Waals surface area contributed by atoms with E-state index < -0.39 is 0 Å². The summed E-state index contributed by atoms with van der Waals surface area (Å²) in [5, 5.41) is 4.96. The van der Waals surface area contributed by atoms with Crippen LogP contribution >= 0.6 is 11.3 Å². The smallest absolute Gasteiger partial charge is 0.115 e. The van der Waals surface area contributed by atoms with Crippen molar-refractivity contribution in [1.82, 2.24) is 15.2 Å². The number of likely N-dealkylation sites (N-methyl/N-ethyl adjacent to an activating group) is 1. The van der Waals surface area contributed by atoms with Crippen LogP contribution in [0.5, 0.6) is 0 Å². The lowest BCUT2D eigenvalue weighted by molar-refractivity contribution is 0.00744. The lowest BCUT2D eigenvalue weighted by atomic mass is 9.73. The minimum atomic E-state index is 0.124. The zero-order chi connectivity index (χ0) is 12.8. The minimum Gasteiger partial charge on any atom is -0.307 e. The SMILES string of the molecule is CCc1nc(C2(NC)CN3CCC2CC3)sc1C. The van der Waals surface area contributed by atoms with Crippen LogP contribution < -0.4 is 5.32 Å². The molecule has 1 N–H and O–H groups in total. The van der Waals surface area contributed by atoms with Gasteiger partial charge in [0.05, 0.1) is 11.2 Å². The Labute approximate surface area is 114 Å². The average Bonchev–Trinajstić information content (AvgIpc) is 2.81. The summed E-state index contributed by atoms with van der Waals surface area (Å²) in [4.78, 5) is 8.94. The molecule has 0 aliphatic carbocycles. The first-order chi connectivity index (χ1) is 8.69. The molecule has 4 heteroatoms. The van der Waals surface area contributed by atoms with Gasteiger partial charge < -0.3 is 10.2 Å². The number of hydrogen-bond acceptors (Lipinski definition) is 4. The summed E-state index contributed by atoms with van der Waals surface area (Å²) in [6.45, 7) is 8.11. The Bertz CT molecular complexity index is 434. The zero-order valence-corrected chi connectivity index (χ0v) is 12.4. The summed E-state index contributed by atoms with van der Waals surface area (Å²) in [6, 6.07) is 0. The summed E-state index contributed by atoms with van der Waals surface area (Å²) in [5.41, 5.74) is 1.42. The highest BCUT2D eigenvalue weighted by Gasteiger charge is 2.48. The molecule has 0 saturated carbocycles. The van der Waals surface area contributed by atoms with Gasteiger partial charge in [0.25, 0.3) is 0 Å². The monoisotopic (exact) mass is 265 g/mol. The number of aryl methyl sites for hydroxylation is 2. The lowest BCUT2D eigenvalue weighted by Crippen LogP contribution is -2.62. The zero-order valence-electron chi connectivity index (χ0n) is 11.6. The molecule has 3 fully saturated rings. The molecule has 3 nitrogen and oxygen atoms in total. The molecule has 0 amide bonds. The molecule has 2 bridgehead atoms. The fourth-order valence-electron chi connectivity index (χ4n) is 3.64. The second-order valence-corrected chi connectivity index (χ2v) is 6.85. The quantitative estimate of drug-likeness (QED) is 0.908. The van der Waals surface area contributed by atoms with Crippen LogP contribution in [0.1, 0.15) is 35.3 Å². The molecular formula is C14H23N3S. The Kier molecular flexibility index (Phi) is 3.20. The Morgan fingerprint density at radius 1 is 1.44 bits per heavy atom. The van der Waals surface area contributed by atoms with Gasteiger partial charge in [-0.3, -0.25) is 0 Å². The minimum absolute atomic E-state index is 0.124. The number of nitrogens with zero attached hydrogens (tertiary/aromatic N) is 2. The third-order valence-corrected chi connectivity index (χ3v) is 6.00. The highest BCUT2D eigenvalue weighted by atomic mass is 32.1. The Morgan fingerprint density at radius 3 is 2.61 bits per heavy atom. The van der Waals surface area contributed by atoms with E-state index in [1.54, 1.807) is 0 Å². The van der Waals surface area contributed by atoms with Crippen molar-refractivity contribution in [2.24, 2.45) is 5.92 Å². The van der Waals surface area contributed by atoms with Crippen molar-refractivity contribution in [3.63, 3.8) is 0 Å². The number of hydrogen-bond donors (Lipinski definition) is 1. The molecule has 0 spiro atoms. The summed E-state index contributed by atoms with van der Waals surface area (Å²) < 4.78 is 0. The summed E-state index contributed by atoms with van der Waals surface area (Å²) in [5.74, 6) is 0.766. The predicted octanol–water partition coefficient (Wildman–Crippen LogP) is 2.15. The first kappa shape index (κ1) is 12.6. The second kappa shape index (κ2) is 4.58. The van der Waals surface area contributed by atoms with E-state index in [1.165, 1.54) is 41.5 Å². The van der Waals surface area contributed by atoms with Gasteiger partial charge in [-0.2, -0.15) is 0 Å². The molecule has 4 rings (SSSR count). The molecule has 4 heterocycles. The molecule has 1 aromatic heterocycles. The highest BCUT2D eigenvalue weighted by Crippen LogP contribution is 2.44. The van der Waals surface area contributed by atoms with Crippen LogP contribution in [0, 0.1) is 12.8 Å². The van der Waals surface area contributed by atoms with E-state index in [4.69, 9.17) is 4.98 Å². The Balaban J connectivity index is 2.00. The van der Waals surface area contributed by atoms with Crippen LogP contribution in [0.25, 0.3) is 0 Å². The van der Waals surface area contributed by atoms with Gasteiger partial charge in [0, 0.05) is 11.4 Å². The second-order valence-electron chi connectivity index (χ2n) is 5.65. The lowest BCUT2D eigenvalue weighted by Gasteiger charge is -2.52. The Morgan fingerprint density at radius 2 is 2.17 bits per heavy atom. The van der Waals surface area contributed by atoms with Gasteiger partial charge in [0.15, 0.2) is 0 Å². The van der Waals surface area contributed by atoms with Gasteiger partial charge in [-0.25, -0.2) is 4.98 Å². The first-order valence-corrected chi connectivity index (χ1v) is 7.89. The molecule has 1 atom stereocenters. The van der Waals surface area contributed by atoms with Crippen LogP contribution in [-0.4, -0.2) is 36.6 Å². The van der Waals surface area contributed by atoms with E-state index in [0.717, 1.165) is 18.9 Å². The van der Waals surface area contributed by atoms with Gasteiger partial charge in [-0.05, 0) is 52.2 Å². The number of thiazole rings is 1. The van der Waals surface area contributed by atoms with Crippen molar-refractivity contribution < 1.29 is 0 Å². The molecule has 18 heavy (non-hydrogen) atoms. The molecule has 1 unspecified atom stereocenters. The number of piperidine rings is 3. The normalized spacial score (nSPS) is 35.1. The molecule has 3 aliphatic heterocycles. The molecule has 3 saturated heterocycles. The van der Waals surface area contributed by atoms with E-state index in [-0.39, 0.29) is 5.54 Å². The van der Waals surface area contributed by atoms with Crippen molar-refractivity contribution in [2.45, 2.75) is 38.6 Å². The van der Waals surface area contributed by atoms with Crippen LogP contribution in [0.15, 0.2) is 0 Å². The standard InChI is InChI=1S/C14H23N3S/c1-4-12-10(2)18-13(16-12)14(15-3)9-17-7-5-11(14)6-8-17/h11,15H,4-9H2,1-3H3. The number of nitrogens with one attached hydrogen (secondary N) is 1. The third-order valence-electron chi connectivity index (χ3n) is 4.81. The maximum absolute atomic E-state index is 4.94. The number of rotatable bonds is 3. The molecule has 100 valence electrons. The molecule has 0 radical (unpaired) electrons. The fraction of sp³-hybridized carbons (Fsp3) is 0.786. The first-order valence-electron chi connectivity index (χ1n) is 7.07. The molecular weight excluding hydrogens is 242 g/mol. The van der Waals surface area contributed by atoms with Crippen LogP contribution in [0.4, 0.5) is 0 Å². The van der Waals surface area contributed by atoms with Crippen molar-refractivity contribution >= 4 is 11.3 Å². The van der Waals surface area contributed by atoms with Crippen molar-refractivity contribution in [3.8, 4) is 0 Å². The third kappa shape index (κ3) is 1.74. The molecule has 3 aliphatic rings. The van der Waals surface area contributed by atoms with Gasteiger partial charge >= 0.3 is 0 Å². The number of aromatic nitrogens is 1. The molecule has 1 aromatic rings. The van der Waals surface area contributed by atoms with Crippen LogP contribution in [0.3, 0.4) is 0 Å². The largest absolute Gasteiger partial charge is 0.307 e. The highest BCUT2D eigenvalue weighted by molar-refractivity contribution is 7.11. The van der Waals surface area contributed by atoms with E-state index in [0.29, 0.717) is 0 Å². The van der Waals surface area contributed by atoms with Gasteiger partial charge in [0.1, 0.15) is 5.01 Å². The van der Waals surface area contributed by atoms with Crippen LogP contribution in [-0.2, 0) is 12.0 Å². The summed E-state index contributed by atoms with van der Waals surface area (Å²) >= 11 is 1.91. The topological polar surface area (TPSA) is 28.2 Å². The maximum atomic E-state index is 4.94. The van der Waals surface area contributed by atoms with E-state index in [9.17, 15) is 0 Å². The van der Waals surface area contributed by atoms with Crippen molar-refractivity contribution in [2.75, 3.05) is 26.7 Å². The Hall–Kier alpha value is -0.450. The average molecular weight is 265 g/mol. The van der Waals surface area contributed by atoms with E-state index in [2.05, 4.69) is 31.1 Å². The number of fused-ring (bicyclic) bond motifs is 3. The van der Waals surface area contributed by atoms with Gasteiger partial charge in [0.2, 0.25) is 0 Å². The van der Waals surface area contributed by atoms with Gasteiger partial charge in [-0.1, -0.05) is 6.92 Å². The van der Waals surface area contributed by atoms with Crippen LogP contribution in [0.2, 0.25) is 0 Å². The summed E-state index contributed by atoms with van der Waals surface area (Å²) in [7, 11) is 2.12. The van der Waals surface area contributed by atoms with Crippen molar-refractivity contribution in [3.05, 3.63) is 15.6 Å². The predicted molar refractivity (Wildman–Crippen MR) is 76.1 cm³/mol. The van der Waals surface area contributed by atoms with Crippen molar-refractivity contribution in [1.29, 1.82) is 0 Å². The van der Waals surface area contributed by atoms with E-state index >= 15 is 0 Å². The maximum Gasteiger partial charge on any atom is 0.115 e. The van der Waals surface area contributed by atoms with Gasteiger partial charge in [-0.15, -0.1) is 11.3 Å². The van der Waals surface area contributed by atoms with E-state index in [1.807, 2.05) is 11.3 Å². The summed E-state index contributed by atoms with van der Waals surface area (Å²) in [6.07, 6.45) is 3.69. The molecule has 0 aromatic carbocycles.